The fourth-order valence-electron chi connectivity index (χ4n) is 2.78. The molecule has 1 atom stereocenters. The summed E-state index contributed by atoms with van der Waals surface area (Å²) in [5, 5.41) is 4.01. The zero-order chi connectivity index (χ0) is 18.0. The maximum Gasteiger partial charge on any atom is 0.242 e. The number of benzene rings is 2. The van der Waals surface area contributed by atoms with Gasteiger partial charge in [-0.05, 0) is 55.3 Å². The minimum absolute atomic E-state index is 0.0725. The molecule has 0 aliphatic heterocycles. The van der Waals surface area contributed by atoms with Crippen LogP contribution in [0.25, 0.3) is 0 Å². The van der Waals surface area contributed by atoms with E-state index in [1.165, 1.54) is 12.1 Å². The van der Waals surface area contributed by atoms with E-state index < -0.39 is 6.04 Å². The number of likely N-dealkylation sites (N-methyl/N-ethyl adjacent to an activating group) is 1. The van der Waals surface area contributed by atoms with Gasteiger partial charge in [0.1, 0.15) is 11.9 Å². The van der Waals surface area contributed by atoms with Crippen molar-refractivity contribution >= 4 is 29.1 Å². The standard InChI is InChI=1S/C19H19Cl2FN2O/c1-24(11-12-2-9-16(20)17(21)10-12)18(19(25)23-15-7-8-15)13-3-5-14(22)6-4-13/h2-6,9-10,15,18H,7-8,11H2,1H3,(H,23,25)/t18-/m1/s1. The highest BCUT2D eigenvalue weighted by atomic mass is 35.5. The van der Waals surface area contributed by atoms with Crippen molar-refractivity contribution in [2.24, 2.45) is 0 Å². The Morgan fingerprint density at radius 2 is 1.88 bits per heavy atom. The van der Waals surface area contributed by atoms with E-state index in [2.05, 4.69) is 5.32 Å². The third kappa shape index (κ3) is 4.72. The molecule has 3 rings (SSSR count). The molecule has 1 aliphatic carbocycles. The predicted molar refractivity (Wildman–Crippen MR) is 98.2 cm³/mol. The second-order valence-corrected chi connectivity index (χ2v) is 7.21. The maximum atomic E-state index is 13.3. The highest BCUT2D eigenvalue weighted by molar-refractivity contribution is 6.42. The Hall–Kier alpha value is -1.62. The van der Waals surface area contributed by atoms with Crippen LogP contribution >= 0.6 is 23.2 Å². The largest absolute Gasteiger partial charge is 0.352 e. The fourth-order valence-corrected chi connectivity index (χ4v) is 3.10. The number of amides is 1. The minimum Gasteiger partial charge on any atom is -0.352 e. The number of hydrogen-bond donors (Lipinski definition) is 1. The molecule has 1 fully saturated rings. The van der Waals surface area contributed by atoms with Crippen molar-refractivity contribution in [1.82, 2.24) is 10.2 Å². The summed E-state index contributed by atoms with van der Waals surface area (Å²) in [5.41, 5.74) is 1.70. The Kier molecular flexibility index (Phi) is 5.62. The van der Waals surface area contributed by atoms with Crippen LogP contribution in [0, 0.1) is 5.82 Å². The molecule has 6 heteroatoms. The molecule has 1 N–H and O–H groups in total. The molecule has 25 heavy (non-hydrogen) atoms. The molecule has 0 saturated heterocycles. The average molecular weight is 381 g/mol. The van der Waals surface area contributed by atoms with Crippen LogP contribution in [-0.4, -0.2) is 23.9 Å². The molecule has 2 aromatic carbocycles. The van der Waals surface area contributed by atoms with E-state index in [1.54, 1.807) is 24.3 Å². The van der Waals surface area contributed by atoms with Gasteiger partial charge >= 0.3 is 0 Å². The van der Waals surface area contributed by atoms with Crippen molar-refractivity contribution in [1.29, 1.82) is 0 Å². The molecule has 132 valence electrons. The highest BCUT2D eigenvalue weighted by Crippen LogP contribution is 2.27. The van der Waals surface area contributed by atoms with Crippen molar-refractivity contribution in [2.45, 2.75) is 31.5 Å². The quantitative estimate of drug-likeness (QED) is 0.794. The number of hydrogen-bond acceptors (Lipinski definition) is 2. The van der Waals surface area contributed by atoms with E-state index in [-0.39, 0.29) is 17.8 Å². The molecule has 0 heterocycles. The van der Waals surface area contributed by atoms with Crippen LogP contribution in [0.5, 0.6) is 0 Å². The van der Waals surface area contributed by atoms with Crippen LogP contribution in [0.1, 0.15) is 30.0 Å². The van der Waals surface area contributed by atoms with Crippen LogP contribution in [0.15, 0.2) is 42.5 Å². The van der Waals surface area contributed by atoms with E-state index in [0.29, 0.717) is 16.6 Å². The topological polar surface area (TPSA) is 32.3 Å². The first kappa shape index (κ1) is 18.2. The summed E-state index contributed by atoms with van der Waals surface area (Å²) in [6, 6.07) is 11.2. The number of carbonyl (C=O) groups is 1. The summed E-state index contributed by atoms with van der Waals surface area (Å²) in [6.07, 6.45) is 2.02. The van der Waals surface area contributed by atoms with Gasteiger partial charge in [-0.3, -0.25) is 9.69 Å². The van der Waals surface area contributed by atoms with Crippen molar-refractivity contribution in [2.75, 3.05) is 7.05 Å². The zero-order valence-electron chi connectivity index (χ0n) is 13.8. The molecule has 0 bridgehead atoms. The van der Waals surface area contributed by atoms with Gasteiger partial charge in [-0.2, -0.15) is 0 Å². The SMILES string of the molecule is CN(Cc1ccc(Cl)c(Cl)c1)[C@@H](C(=O)NC1CC1)c1ccc(F)cc1. The van der Waals surface area contributed by atoms with E-state index >= 15 is 0 Å². The van der Waals surface area contributed by atoms with Crippen LogP contribution in [0.3, 0.4) is 0 Å². The van der Waals surface area contributed by atoms with Gasteiger partial charge in [-0.1, -0.05) is 41.4 Å². The average Bonchev–Trinajstić information content (AvgIpc) is 3.37. The Morgan fingerprint density at radius 1 is 1.20 bits per heavy atom. The summed E-state index contributed by atoms with van der Waals surface area (Å²) in [6.45, 7) is 0.511. The van der Waals surface area contributed by atoms with Gasteiger partial charge in [0.05, 0.1) is 10.0 Å². The third-order valence-electron chi connectivity index (χ3n) is 4.21. The van der Waals surface area contributed by atoms with Crippen LogP contribution < -0.4 is 5.32 Å². The van der Waals surface area contributed by atoms with Crippen molar-refractivity contribution in [3.63, 3.8) is 0 Å². The Balaban J connectivity index is 1.82. The van der Waals surface area contributed by atoms with Crippen molar-refractivity contribution < 1.29 is 9.18 Å². The van der Waals surface area contributed by atoms with Crippen molar-refractivity contribution in [3.8, 4) is 0 Å². The number of halogens is 3. The van der Waals surface area contributed by atoms with Gasteiger partial charge in [-0.25, -0.2) is 4.39 Å². The lowest BCUT2D eigenvalue weighted by Gasteiger charge is -2.28. The van der Waals surface area contributed by atoms with Crippen LogP contribution in [0.4, 0.5) is 4.39 Å². The first-order valence-corrected chi connectivity index (χ1v) is 8.89. The second-order valence-electron chi connectivity index (χ2n) is 6.40. The molecule has 2 aromatic rings. The molecule has 0 unspecified atom stereocenters. The van der Waals surface area contributed by atoms with E-state index in [9.17, 15) is 9.18 Å². The van der Waals surface area contributed by atoms with Gasteiger partial charge in [0.15, 0.2) is 0 Å². The summed E-state index contributed by atoms with van der Waals surface area (Å²) in [5.74, 6) is -0.395. The maximum absolute atomic E-state index is 13.3. The lowest BCUT2D eigenvalue weighted by molar-refractivity contribution is -0.126. The first-order chi connectivity index (χ1) is 11.9. The molecule has 1 amide bonds. The van der Waals surface area contributed by atoms with Crippen LogP contribution in [-0.2, 0) is 11.3 Å². The molecule has 0 radical (unpaired) electrons. The number of carbonyl (C=O) groups excluding carboxylic acids is 1. The second kappa shape index (κ2) is 7.73. The lowest BCUT2D eigenvalue weighted by Crippen LogP contribution is -2.39. The Morgan fingerprint density at radius 3 is 2.48 bits per heavy atom. The van der Waals surface area contributed by atoms with Gasteiger partial charge in [-0.15, -0.1) is 0 Å². The molecule has 1 aliphatic rings. The van der Waals surface area contributed by atoms with Gasteiger partial charge in [0.2, 0.25) is 5.91 Å². The zero-order valence-corrected chi connectivity index (χ0v) is 15.3. The normalized spacial score (nSPS) is 15.2. The molecule has 1 saturated carbocycles. The molecular formula is C19H19Cl2FN2O. The number of rotatable bonds is 6. The van der Waals surface area contributed by atoms with Gasteiger partial charge in [0, 0.05) is 12.6 Å². The summed E-state index contributed by atoms with van der Waals surface area (Å²) in [7, 11) is 1.86. The molecule has 3 nitrogen and oxygen atoms in total. The summed E-state index contributed by atoms with van der Waals surface area (Å²) < 4.78 is 13.3. The molecular weight excluding hydrogens is 362 g/mol. The van der Waals surface area contributed by atoms with E-state index in [1.807, 2.05) is 18.0 Å². The van der Waals surface area contributed by atoms with Gasteiger partial charge in [0.25, 0.3) is 0 Å². The Labute approximate surface area is 156 Å². The van der Waals surface area contributed by atoms with Gasteiger partial charge < -0.3 is 5.32 Å². The smallest absolute Gasteiger partial charge is 0.242 e. The minimum atomic E-state index is -0.504. The Bertz CT molecular complexity index is 763. The first-order valence-electron chi connectivity index (χ1n) is 8.14. The summed E-state index contributed by atoms with van der Waals surface area (Å²) >= 11 is 12.0. The van der Waals surface area contributed by atoms with Crippen molar-refractivity contribution in [3.05, 3.63) is 69.5 Å². The monoisotopic (exact) mass is 380 g/mol. The molecule has 0 aromatic heterocycles. The lowest BCUT2D eigenvalue weighted by atomic mass is 10.0. The predicted octanol–water partition coefficient (Wildman–Crippen LogP) is 4.58. The number of nitrogens with zero attached hydrogens (tertiary/aromatic N) is 1. The number of nitrogens with one attached hydrogen (secondary N) is 1. The molecule has 0 spiro atoms. The third-order valence-corrected chi connectivity index (χ3v) is 4.95. The van der Waals surface area contributed by atoms with E-state index in [0.717, 1.165) is 24.0 Å². The highest BCUT2D eigenvalue weighted by Gasteiger charge is 2.30. The summed E-state index contributed by atoms with van der Waals surface area (Å²) in [4.78, 5) is 14.7. The van der Waals surface area contributed by atoms with E-state index in [4.69, 9.17) is 23.2 Å². The van der Waals surface area contributed by atoms with Crippen LogP contribution in [0.2, 0.25) is 10.0 Å². The fraction of sp³-hybridized carbons (Fsp3) is 0.316.